The van der Waals surface area contributed by atoms with Gasteiger partial charge in [0.05, 0.1) is 0 Å². The van der Waals surface area contributed by atoms with Crippen LogP contribution < -0.4 is 4.90 Å². The molecule has 5 aromatic carbocycles. The van der Waals surface area contributed by atoms with Crippen molar-refractivity contribution in [1.82, 2.24) is 4.90 Å². The number of nitrogens with zero attached hydrogens (tertiary/aromatic N) is 2. The van der Waals surface area contributed by atoms with Crippen LogP contribution in [-0.2, 0) is 0 Å². The van der Waals surface area contributed by atoms with Crippen molar-refractivity contribution in [2.24, 2.45) is 0 Å². The molecule has 0 N–H and O–H groups in total. The minimum Gasteiger partial charge on any atom is -0.345 e. The molecular formula is C62H60N2. The second kappa shape index (κ2) is 20.5. The van der Waals surface area contributed by atoms with Crippen molar-refractivity contribution in [3.05, 3.63) is 264 Å². The quantitative estimate of drug-likeness (QED) is 0.0812. The molecule has 0 heterocycles. The molecule has 5 aromatic rings. The third-order valence-corrected chi connectivity index (χ3v) is 13.4. The second-order valence-corrected chi connectivity index (χ2v) is 17.4. The molecule has 0 aromatic heterocycles. The standard InChI is InChI=1S/C62H60N2/c1-3-4-5-9-16-47(2)48-23-35-57(36-24-48)63(58-37-25-52(26-38-58)49-17-10-6-11-18-49)61-43-31-55(32-44-61)56-33-45-62(46-34-56)64(59-39-27-53(28-40-59)50-19-12-7-13-20-50)60-41-29-54(30-42-60)51-21-14-8-15-22-51/h3,5-23,25,27-29,31,33-35,39-43,45-46,54,58H,1,4,24,26,30,32,36-38,44H2,2H3/b9-5-,47-16+. The van der Waals surface area contributed by atoms with E-state index in [1.807, 2.05) is 6.08 Å². The van der Waals surface area contributed by atoms with Crippen LogP contribution in [0.2, 0.25) is 0 Å². The normalized spacial score (nSPS) is 18.9. The molecule has 318 valence electrons. The number of rotatable bonds is 14. The molecule has 2 heteroatoms. The summed E-state index contributed by atoms with van der Waals surface area (Å²) in [4.78, 5) is 5.15. The van der Waals surface area contributed by atoms with Gasteiger partial charge in [-0.15, -0.1) is 6.58 Å². The van der Waals surface area contributed by atoms with Gasteiger partial charge >= 0.3 is 0 Å². The molecule has 0 fully saturated rings. The summed E-state index contributed by atoms with van der Waals surface area (Å²) in [5, 5.41) is 0. The molecule has 4 aliphatic rings. The number of hydrogen-bond acceptors (Lipinski definition) is 2. The zero-order valence-corrected chi connectivity index (χ0v) is 37.3. The van der Waals surface area contributed by atoms with E-state index in [0.29, 0.717) is 12.0 Å². The van der Waals surface area contributed by atoms with E-state index in [4.69, 9.17) is 0 Å². The molecule has 4 aliphatic carbocycles. The van der Waals surface area contributed by atoms with Gasteiger partial charge in [-0.3, -0.25) is 0 Å². The molecule has 0 saturated carbocycles. The van der Waals surface area contributed by atoms with Crippen LogP contribution in [-0.4, -0.2) is 10.9 Å². The summed E-state index contributed by atoms with van der Waals surface area (Å²) >= 11 is 0. The van der Waals surface area contributed by atoms with Gasteiger partial charge in [-0.2, -0.15) is 0 Å². The minimum atomic E-state index is 0.382. The van der Waals surface area contributed by atoms with Crippen LogP contribution in [0.5, 0.6) is 0 Å². The van der Waals surface area contributed by atoms with Gasteiger partial charge in [0.15, 0.2) is 0 Å². The van der Waals surface area contributed by atoms with E-state index in [9.17, 15) is 0 Å². The van der Waals surface area contributed by atoms with Gasteiger partial charge in [0.2, 0.25) is 0 Å². The summed E-state index contributed by atoms with van der Waals surface area (Å²) in [6, 6.07) is 51.2. The highest BCUT2D eigenvalue weighted by molar-refractivity contribution is 5.76. The number of hydrogen-bond donors (Lipinski definition) is 0. The minimum absolute atomic E-state index is 0.382. The Balaban J connectivity index is 0.980. The van der Waals surface area contributed by atoms with Crippen molar-refractivity contribution in [3.63, 3.8) is 0 Å². The Kier molecular flexibility index (Phi) is 13.6. The summed E-state index contributed by atoms with van der Waals surface area (Å²) in [7, 11) is 0. The van der Waals surface area contributed by atoms with Gasteiger partial charge in [0, 0.05) is 40.4 Å². The van der Waals surface area contributed by atoms with Crippen molar-refractivity contribution in [1.29, 1.82) is 0 Å². The summed E-state index contributed by atoms with van der Waals surface area (Å²) in [6.45, 7) is 6.09. The predicted octanol–water partition coefficient (Wildman–Crippen LogP) is 16.8. The Hall–Kier alpha value is -6.90. The SMILES string of the molecule is C=CC/C=C\C=C(/C)C1=CC=C(N(C2=CC=C(c3ccc(N(C4=CCC(c5ccccc5)C=C4)c4ccc(-c5ccccc5)cc4)cc3)CC2)C2CC=C(c3ccccc3)CC2)CC1. The summed E-state index contributed by atoms with van der Waals surface area (Å²) in [5.74, 6) is 0.382. The number of allylic oxidation sites excluding steroid dienone is 17. The Morgan fingerprint density at radius 1 is 0.594 bits per heavy atom. The van der Waals surface area contributed by atoms with E-state index in [0.717, 1.165) is 63.5 Å². The number of anilines is 2. The van der Waals surface area contributed by atoms with Crippen LogP contribution in [0.25, 0.3) is 22.3 Å². The zero-order chi connectivity index (χ0) is 43.5. The second-order valence-electron chi connectivity index (χ2n) is 17.4. The average Bonchev–Trinajstić information content (AvgIpc) is 3.37. The first-order valence-electron chi connectivity index (χ1n) is 23.4. The van der Waals surface area contributed by atoms with E-state index in [2.05, 4.69) is 230 Å². The van der Waals surface area contributed by atoms with Crippen LogP contribution in [0, 0.1) is 0 Å². The smallest absolute Gasteiger partial charge is 0.0461 e. The summed E-state index contributed by atoms with van der Waals surface area (Å²) in [6.07, 6.45) is 37.1. The lowest BCUT2D eigenvalue weighted by Crippen LogP contribution is -2.36. The molecule has 64 heavy (non-hydrogen) atoms. The van der Waals surface area contributed by atoms with E-state index in [1.165, 1.54) is 72.9 Å². The van der Waals surface area contributed by atoms with Gasteiger partial charge in [0.25, 0.3) is 0 Å². The lowest BCUT2D eigenvalue weighted by atomic mass is 9.87. The van der Waals surface area contributed by atoms with Crippen molar-refractivity contribution < 1.29 is 0 Å². The Morgan fingerprint density at radius 2 is 1.20 bits per heavy atom. The lowest BCUT2D eigenvalue weighted by Gasteiger charge is -2.40. The van der Waals surface area contributed by atoms with Gasteiger partial charge in [0.1, 0.15) is 0 Å². The number of benzene rings is 5. The summed E-state index contributed by atoms with van der Waals surface area (Å²) in [5.41, 5.74) is 18.6. The van der Waals surface area contributed by atoms with Gasteiger partial charge in [-0.25, -0.2) is 0 Å². The largest absolute Gasteiger partial charge is 0.345 e. The zero-order valence-electron chi connectivity index (χ0n) is 37.3. The van der Waals surface area contributed by atoms with Crippen molar-refractivity contribution in [2.75, 3.05) is 4.90 Å². The summed E-state index contributed by atoms with van der Waals surface area (Å²) < 4.78 is 0. The van der Waals surface area contributed by atoms with Crippen molar-refractivity contribution >= 4 is 22.5 Å². The van der Waals surface area contributed by atoms with Crippen LogP contribution in [0.4, 0.5) is 11.4 Å². The van der Waals surface area contributed by atoms with Crippen molar-refractivity contribution in [3.8, 4) is 11.1 Å². The molecule has 0 bridgehead atoms. The first-order valence-corrected chi connectivity index (χ1v) is 23.4. The lowest BCUT2D eigenvalue weighted by molar-refractivity contribution is 0.276. The van der Waals surface area contributed by atoms with Gasteiger partial charge < -0.3 is 9.80 Å². The average molecular weight is 833 g/mol. The van der Waals surface area contributed by atoms with Crippen LogP contribution in [0.1, 0.15) is 87.3 Å². The molecule has 9 rings (SSSR count). The van der Waals surface area contributed by atoms with E-state index in [1.54, 1.807) is 0 Å². The van der Waals surface area contributed by atoms with Crippen LogP contribution >= 0.6 is 0 Å². The fraction of sp³-hybridized carbons (Fsp3) is 0.194. The first-order chi connectivity index (χ1) is 31.6. The Labute approximate surface area is 382 Å². The molecule has 0 amide bonds. The molecule has 0 saturated heterocycles. The fourth-order valence-corrected chi connectivity index (χ4v) is 9.77. The van der Waals surface area contributed by atoms with Crippen LogP contribution in [0.15, 0.2) is 247 Å². The molecule has 2 unspecified atom stereocenters. The van der Waals surface area contributed by atoms with E-state index < -0.39 is 0 Å². The maximum Gasteiger partial charge on any atom is 0.0461 e. The molecule has 0 spiro atoms. The fourth-order valence-electron chi connectivity index (χ4n) is 9.77. The van der Waals surface area contributed by atoms with Gasteiger partial charge in [-0.1, -0.05) is 170 Å². The van der Waals surface area contributed by atoms with Crippen molar-refractivity contribution in [2.45, 2.75) is 76.7 Å². The highest BCUT2D eigenvalue weighted by atomic mass is 15.2. The third kappa shape index (κ3) is 9.98. The topological polar surface area (TPSA) is 6.48 Å². The molecule has 0 aliphatic heterocycles. The Bertz CT molecular complexity index is 2680. The maximum atomic E-state index is 3.85. The molecule has 2 atom stereocenters. The highest BCUT2D eigenvalue weighted by Gasteiger charge is 2.28. The first kappa shape index (κ1) is 42.4. The highest BCUT2D eigenvalue weighted by Crippen LogP contribution is 2.41. The third-order valence-electron chi connectivity index (χ3n) is 13.4. The monoisotopic (exact) mass is 832 g/mol. The van der Waals surface area contributed by atoms with E-state index in [-0.39, 0.29) is 0 Å². The Morgan fingerprint density at radius 3 is 1.78 bits per heavy atom. The van der Waals surface area contributed by atoms with Crippen LogP contribution in [0.3, 0.4) is 0 Å². The predicted molar refractivity (Wildman–Crippen MR) is 274 cm³/mol. The molecular weight excluding hydrogens is 773 g/mol. The molecule has 0 radical (unpaired) electrons. The molecule has 2 nitrogen and oxygen atoms in total. The van der Waals surface area contributed by atoms with E-state index >= 15 is 0 Å². The van der Waals surface area contributed by atoms with Gasteiger partial charge in [-0.05, 0) is 157 Å². The maximum absolute atomic E-state index is 3.85.